The summed E-state index contributed by atoms with van der Waals surface area (Å²) < 4.78 is 0. The molecule has 100 valence electrons. The predicted molar refractivity (Wildman–Crippen MR) is 72.7 cm³/mol. The standard InChI is InChI=1S/C15H18N2O2/c1-2-3-8-17-13(18)11-9-10(16)4-5-12(11)15(6-7-15)14(17)19/h4-5,9H,2-3,6-8,16H2,1H3. The van der Waals surface area contributed by atoms with E-state index in [4.69, 9.17) is 5.73 Å². The average molecular weight is 258 g/mol. The highest BCUT2D eigenvalue weighted by molar-refractivity contribution is 6.14. The molecule has 3 rings (SSSR count). The Kier molecular flexibility index (Phi) is 2.62. The Hall–Kier alpha value is -1.84. The normalized spacial score (nSPS) is 19.7. The molecule has 1 saturated carbocycles. The summed E-state index contributed by atoms with van der Waals surface area (Å²) in [5.74, 6) is -0.193. The van der Waals surface area contributed by atoms with Gasteiger partial charge >= 0.3 is 0 Å². The van der Waals surface area contributed by atoms with Gasteiger partial charge in [0.05, 0.1) is 5.41 Å². The SMILES string of the molecule is CCCCN1C(=O)c2cc(N)ccc2C2(CC2)C1=O. The van der Waals surface area contributed by atoms with Crippen LogP contribution in [-0.4, -0.2) is 23.3 Å². The second kappa shape index (κ2) is 4.08. The third-order valence-corrected chi connectivity index (χ3v) is 4.17. The smallest absolute Gasteiger partial charge is 0.260 e. The number of anilines is 1. The molecule has 1 heterocycles. The first kappa shape index (κ1) is 12.2. The number of fused-ring (bicyclic) bond motifs is 2. The zero-order valence-corrected chi connectivity index (χ0v) is 11.1. The van der Waals surface area contributed by atoms with Gasteiger partial charge in [0.15, 0.2) is 0 Å². The number of imide groups is 1. The van der Waals surface area contributed by atoms with E-state index in [0.29, 0.717) is 17.8 Å². The van der Waals surface area contributed by atoms with Crippen molar-refractivity contribution in [2.24, 2.45) is 0 Å². The van der Waals surface area contributed by atoms with Crippen LogP contribution in [0.5, 0.6) is 0 Å². The molecule has 0 unspecified atom stereocenters. The van der Waals surface area contributed by atoms with Gasteiger partial charge in [-0.15, -0.1) is 0 Å². The number of hydrogen-bond donors (Lipinski definition) is 1. The first-order valence-electron chi connectivity index (χ1n) is 6.86. The molecule has 1 aliphatic carbocycles. The highest BCUT2D eigenvalue weighted by atomic mass is 16.2. The van der Waals surface area contributed by atoms with E-state index in [2.05, 4.69) is 6.92 Å². The number of rotatable bonds is 3. The lowest BCUT2D eigenvalue weighted by atomic mass is 9.85. The van der Waals surface area contributed by atoms with Gasteiger partial charge in [0.25, 0.3) is 5.91 Å². The molecule has 1 spiro atoms. The van der Waals surface area contributed by atoms with Crippen LogP contribution in [0.1, 0.15) is 48.5 Å². The third-order valence-electron chi connectivity index (χ3n) is 4.17. The van der Waals surface area contributed by atoms with Crippen LogP contribution in [0.25, 0.3) is 0 Å². The second-order valence-corrected chi connectivity index (χ2v) is 5.50. The van der Waals surface area contributed by atoms with Gasteiger partial charge in [0, 0.05) is 17.8 Å². The zero-order valence-electron chi connectivity index (χ0n) is 11.1. The summed E-state index contributed by atoms with van der Waals surface area (Å²) in [5.41, 5.74) is 7.43. The van der Waals surface area contributed by atoms with Gasteiger partial charge in [-0.1, -0.05) is 19.4 Å². The number of unbranched alkanes of at least 4 members (excludes halogenated alkanes) is 1. The molecule has 19 heavy (non-hydrogen) atoms. The molecular weight excluding hydrogens is 240 g/mol. The molecular formula is C15H18N2O2. The van der Waals surface area contributed by atoms with Crippen LogP contribution >= 0.6 is 0 Å². The molecule has 4 nitrogen and oxygen atoms in total. The lowest BCUT2D eigenvalue weighted by Gasteiger charge is -2.33. The van der Waals surface area contributed by atoms with Gasteiger partial charge in [-0.2, -0.15) is 0 Å². The number of carbonyl (C=O) groups excluding carboxylic acids is 2. The Morgan fingerprint density at radius 2 is 2.05 bits per heavy atom. The van der Waals surface area contributed by atoms with Gasteiger partial charge < -0.3 is 5.73 Å². The van der Waals surface area contributed by atoms with Crippen molar-refractivity contribution in [3.63, 3.8) is 0 Å². The number of amides is 2. The van der Waals surface area contributed by atoms with Crippen molar-refractivity contribution in [1.82, 2.24) is 4.90 Å². The highest BCUT2D eigenvalue weighted by Crippen LogP contribution is 2.53. The molecule has 2 N–H and O–H groups in total. The minimum absolute atomic E-state index is 0.0109. The summed E-state index contributed by atoms with van der Waals surface area (Å²) in [6.07, 6.45) is 3.51. The molecule has 0 saturated heterocycles. The van der Waals surface area contributed by atoms with E-state index in [1.807, 2.05) is 6.07 Å². The predicted octanol–water partition coefficient (Wildman–Crippen LogP) is 2.08. The van der Waals surface area contributed by atoms with Crippen LogP contribution in [0.2, 0.25) is 0 Å². The van der Waals surface area contributed by atoms with Crippen molar-refractivity contribution < 1.29 is 9.59 Å². The monoisotopic (exact) mass is 258 g/mol. The molecule has 1 aromatic rings. The fourth-order valence-corrected chi connectivity index (χ4v) is 2.89. The minimum atomic E-state index is -0.426. The average Bonchev–Trinajstić information content (AvgIpc) is 3.18. The molecule has 1 aliphatic heterocycles. The van der Waals surface area contributed by atoms with Crippen molar-refractivity contribution in [3.8, 4) is 0 Å². The van der Waals surface area contributed by atoms with Crippen molar-refractivity contribution in [3.05, 3.63) is 29.3 Å². The highest BCUT2D eigenvalue weighted by Gasteiger charge is 2.58. The van der Waals surface area contributed by atoms with Gasteiger partial charge in [-0.05, 0) is 37.0 Å². The van der Waals surface area contributed by atoms with Crippen molar-refractivity contribution in [2.45, 2.75) is 38.0 Å². The van der Waals surface area contributed by atoms with E-state index in [9.17, 15) is 9.59 Å². The number of nitrogens with zero attached hydrogens (tertiary/aromatic N) is 1. The molecule has 0 radical (unpaired) electrons. The molecule has 1 fully saturated rings. The molecule has 4 heteroatoms. The topological polar surface area (TPSA) is 63.4 Å². The number of nitrogen functional groups attached to an aromatic ring is 1. The number of benzene rings is 1. The quantitative estimate of drug-likeness (QED) is 0.667. The van der Waals surface area contributed by atoms with Crippen molar-refractivity contribution >= 4 is 17.5 Å². The maximum Gasteiger partial charge on any atom is 0.260 e. The van der Waals surface area contributed by atoms with Crippen molar-refractivity contribution in [2.75, 3.05) is 12.3 Å². The fourth-order valence-electron chi connectivity index (χ4n) is 2.89. The van der Waals surface area contributed by atoms with Gasteiger partial charge in [0.1, 0.15) is 0 Å². The van der Waals surface area contributed by atoms with Gasteiger partial charge in [-0.25, -0.2) is 0 Å². The zero-order chi connectivity index (χ0) is 13.6. The van der Waals surface area contributed by atoms with Gasteiger partial charge in [0.2, 0.25) is 5.91 Å². The lowest BCUT2D eigenvalue weighted by molar-refractivity contribution is -0.132. The van der Waals surface area contributed by atoms with E-state index in [1.54, 1.807) is 12.1 Å². The van der Waals surface area contributed by atoms with Gasteiger partial charge in [-0.3, -0.25) is 14.5 Å². The Balaban J connectivity index is 2.06. The van der Waals surface area contributed by atoms with E-state index >= 15 is 0 Å². The summed E-state index contributed by atoms with van der Waals surface area (Å²) in [5, 5.41) is 0. The largest absolute Gasteiger partial charge is 0.399 e. The van der Waals surface area contributed by atoms with E-state index in [0.717, 1.165) is 31.2 Å². The summed E-state index contributed by atoms with van der Waals surface area (Å²) in [4.78, 5) is 26.4. The molecule has 1 aromatic carbocycles. The van der Waals surface area contributed by atoms with E-state index in [1.165, 1.54) is 4.90 Å². The molecule has 0 aromatic heterocycles. The van der Waals surface area contributed by atoms with Crippen LogP contribution in [-0.2, 0) is 10.2 Å². The Morgan fingerprint density at radius 1 is 1.32 bits per heavy atom. The maximum absolute atomic E-state index is 12.5. The first-order chi connectivity index (χ1) is 9.10. The number of hydrogen-bond acceptors (Lipinski definition) is 3. The summed E-state index contributed by atoms with van der Waals surface area (Å²) >= 11 is 0. The van der Waals surface area contributed by atoms with Crippen LogP contribution in [0.3, 0.4) is 0 Å². The molecule has 2 aliphatic rings. The Labute approximate surface area is 112 Å². The van der Waals surface area contributed by atoms with Crippen LogP contribution in [0.4, 0.5) is 5.69 Å². The van der Waals surface area contributed by atoms with Crippen LogP contribution < -0.4 is 5.73 Å². The third kappa shape index (κ3) is 1.66. The Bertz CT molecular complexity index is 561. The maximum atomic E-state index is 12.5. The Morgan fingerprint density at radius 3 is 2.68 bits per heavy atom. The molecule has 0 atom stereocenters. The molecule has 2 amide bonds. The fraction of sp³-hybridized carbons (Fsp3) is 0.467. The second-order valence-electron chi connectivity index (χ2n) is 5.50. The summed E-state index contributed by atoms with van der Waals surface area (Å²) in [7, 11) is 0. The minimum Gasteiger partial charge on any atom is -0.399 e. The van der Waals surface area contributed by atoms with Crippen LogP contribution in [0, 0.1) is 0 Å². The first-order valence-corrected chi connectivity index (χ1v) is 6.86. The lowest BCUT2D eigenvalue weighted by Crippen LogP contribution is -2.48. The van der Waals surface area contributed by atoms with Crippen molar-refractivity contribution in [1.29, 1.82) is 0 Å². The number of nitrogens with two attached hydrogens (primary N) is 1. The summed E-state index contributed by atoms with van der Waals surface area (Å²) in [6, 6.07) is 5.34. The molecule has 0 bridgehead atoms. The van der Waals surface area contributed by atoms with E-state index < -0.39 is 5.41 Å². The number of carbonyl (C=O) groups is 2. The van der Waals surface area contributed by atoms with E-state index in [-0.39, 0.29) is 11.8 Å². The van der Waals surface area contributed by atoms with Crippen LogP contribution in [0.15, 0.2) is 18.2 Å². The summed E-state index contributed by atoms with van der Waals surface area (Å²) in [6.45, 7) is 2.57.